The van der Waals surface area contributed by atoms with E-state index in [2.05, 4.69) is 4.90 Å². The topological polar surface area (TPSA) is 75.9 Å². The Bertz CT molecular complexity index is 442. The molecule has 0 aromatic carbocycles. The van der Waals surface area contributed by atoms with Gasteiger partial charge in [-0.05, 0) is 52.0 Å². The molecule has 2 aliphatic heterocycles. The van der Waals surface area contributed by atoms with Crippen molar-refractivity contribution >= 4 is 11.8 Å². The van der Waals surface area contributed by atoms with E-state index in [1.807, 2.05) is 11.8 Å². The Balaban J connectivity index is 1.45. The third-order valence-electron chi connectivity index (χ3n) is 5.71. The summed E-state index contributed by atoms with van der Waals surface area (Å²) in [4.78, 5) is 28.4. The lowest BCUT2D eigenvalue weighted by atomic mass is 9.81. The molecule has 3 aliphatic rings. The van der Waals surface area contributed by atoms with Gasteiger partial charge in [0.2, 0.25) is 11.8 Å². The standard InChI is InChI=1S/C17H29N3O3/c1-2-23-14-10-12(11-14)17(22)19-8-5-13(6-9-19)20-7-3-4-15(20)16(18)21/h12-15H,2-11H2,1H3,(H2,18,21). The first-order valence-corrected chi connectivity index (χ1v) is 9.05. The van der Waals surface area contributed by atoms with Crippen LogP contribution in [0.15, 0.2) is 0 Å². The number of primary amides is 1. The van der Waals surface area contributed by atoms with Gasteiger partial charge >= 0.3 is 0 Å². The van der Waals surface area contributed by atoms with Gasteiger partial charge in [-0.15, -0.1) is 0 Å². The average molecular weight is 323 g/mol. The molecule has 23 heavy (non-hydrogen) atoms. The van der Waals surface area contributed by atoms with Crippen molar-refractivity contribution in [1.29, 1.82) is 0 Å². The second-order valence-corrected chi connectivity index (χ2v) is 7.10. The molecule has 2 N–H and O–H groups in total. The van der Waals surface area contributed by atoms with Crippen LogP contribution in [0.1, 0.15) is 45.4 Å². The first kappa shape index (κ1) is 16.7. The van der Waals surface area contributed by atoms with Gasteiger partial charge in [0.15, 0.2) is 0 Å². The van der Waals surface area contributed by atoms with Gasteiger partial charge in [-0.3, -0.25) is 14.5 Å². The summed E-state index contributed by atoms with van der Waals surface area (Å²) < 4.78 is 5.54. The molecule has 1 unspecified atom stereocenters. The summed E-state index contributed by atoms with van der Waals surface area (Å²) in [5.74, 6) is 0.262. The molecule has 1 aliphatic carbocycles. The van der Waals surface area contributed by atoms with Gasteiger partial charge in [-0.2, -0.15) is 0 Å². The molecule has 3 fully saturated rings. The highest BCUT2D eigenvalue weighted by molar-refractivity contribution is 5.80. The Kier molecular flexibility index (Phi) is 5.21. The van der Waals surface area contributed by atoms with Gasteiger partial charge in [0.25, 0.3) is 0 Å². The van der Waals surface area contributed by atoms with Crippen LogP contribution in [0, 0.1) is 5.92 Å². The monoisotopic (exact) mass is 323 g/mol. The van der Waals surface area contributed by atoms with Gasteiger partial charge in [0.1, 0.15) is 0 Å². The molecule has 0 radical (unpaired) electrons. The number of hydrogen-bond acceptors (Lipinski definition) is 4. The molecular formula is C17H29N3O3. The molecule has 130 valence electrons. The van der Waals surface area contributed by atoms with Crippen molar-refractivity contribution in [1.82, 2.24) is 9.80 Å². The molecular weight excluding hydrogens is 294 g/mol. The molecule has 6 heteroatoms. The summed E-state index contributed by atoms with van der Waals surface area (Å²) in [7, 11) is 0. The lowest BCUT2D eigenvalue weighted by Crippen LogP contribution is -2.53. The van der Waals surface area contributed by atoms with Crippen molar-refractivity contribution in [2.75, 3.05) is 26.2 Å². The van der Waals surface area contributed by atoms with Gasteiger partial charge in [0, 0.05) is 31.7 Å². The minimum atomic E-state index is -0.197. The zero-order chi connectivity index (χ0) is 16.4. The fourth-order valence-corrected chi connectivity index (χ4v) is 4.35. The summed E-state index contributed by atoms with van der Waals surface area (Å²) in [5, 5.41) is 0. The fourth-order valence-electron chi connectivity index (χ4n) is 4.35. The maximum atomic E-state index is 12.5. The maximum Gasteiger partial charge on any atom is 0.234 e. The highest BCUT2D eigenvalue weighted by Gasteiger charge is 2.40. The van der Waals surface area contributed by atoms with Crippen LogP contribution in [0.25, 0.3) is 0 Å². The number of carbonyl (C=O) groups is 2. The summed E-state index contributed by atoms with van der Waals surface area (Å²) in [5.41, 5.74) is 5.52. The second-order valence-electron chi connectivity index (χ2n) is 7.10. The van der Waals surface area contributed by atoms with E-state index < -0.39 is 0 Å². The highest BCUT2D eigenvalue weighted by atomic mass is 16.5. The minimum absolute atomic E-state index is 0.0964. The van der Waals surface area contributed by atoms with Crippen LogP contribution < -0.4 is 5.73 Å². The molecule has 0 bridgehead atoms. The molecule has 3 rings (SSSR count). The molecule has 0 aromatic rings. The number of hydrogen-bond donors (Lipinski definition) is 1. The number of amides is 2. The van der Waals surface area contributed by atoms with E-state index in [0.717, 1.165) is 64.8 Å². The van der Waals surface area contributed by atoms with E-state index in [1.54, 1.807) is 0 Å². The van der Waals surface area contributed by atoms with Crippen molar-refractivity contribution in [3.05, 3.63) is 0 Å². The maximum absolute atomic E-state index is 12.5. The minimum Gasteiger partial charge on any atom is -0.378 e. The second kappa shape index (κ2) is 7.18. The number of rotatable bonds is 5. The molecule has 0 spiro atoms. The number of nitrogens with two attached hydrogens (primary N) is 1. The molecule has 2 heterocycles. The molecule has 1 atom stereocenters. The van der Waals surface area contributed by atoms with E-state index in [0.29, 0.717) is 11.9 Å². The largest absolute Gasteiger partial charge is 0.378 e. The zero-order valence-corrected chi connectivity index (χ0v) is 14.1. The Hall–Kier alpha value is -1.14. The Morgan fingerprint density at radius 3 is 2.43 bits per heavy atom. The number of nitrogens with zero attached hydrogens (tertiary/aromatic N) is 2. The Morgan fingerprint density at radius 2 is 1.83 bits per heavy atom. The zero-order valence-electron chi connectivity index (χ0n) is 14.1. The SMILES string of the molecule is CCOC1CC(C(=O)N2CCC(N3CCCC3C(N)=O)CC2)C1. The summed E-state index contributed by atoms with van der Waals surface area (Å²) in [6, 6.07) is 0.303. The third-order valence-corrected chi connectivity index (χ3v) is 5.71. The van der Waals surface area contributed by atoms with Crippen LogP contribution >= 0.6 is 0 Å². The Labute approximate surface area is 138 Å². The van der Waals surface area contributed by atoms with Crippen LogP contribution in [0.5, 0.6) is 0 Å². The number of ether oxygens (including phenoxy) is 1. The Morgan fingerprint density at radius 1 is 1.13 bits per heavy atom. The van der Waals surface area contributed by atoms with E-state index in [-0.39, 0.29) is 24.0 Å². The average Bonchev–Trinajstić information content (AvgIpc) is 3.00. The van der Waals surface area contributed by atoms with E-state index >= 15 is 0 Å². The van der Waals surface area contributed by atoms with Crippen LogP contribution in [0.3, 0.4) is 0 Å². The van der Waals surface area contributed by atoms with E-state index in [1.165, 1.54) is 0 Å². The van der Waals surface area contributed by atoms with Crippen LogP contribution in [0.4, 0.5) is 0 Å². The highest BCUT2D eigenvalue weighted by Crippen LogP contribution is 2.33. The summed E-state index contributed by atoms with van der Waals surface area (Å²) in [6.07, 6.45) is 5.88. The van der Waals surface area contributed by atoms with Crippen LogP contribution in [-0.4, -0.2) is 66.0 Å². The molecule has 0 aromatic heterocycles. The van der Waals surface area contributed by atoms with Crippen LogP contribution in [0.2, 0.25) is 0 Å². The van der Waals surface area contributed by atoms with Gasteiger partial charge in [-0.1, -0.05) is 0 Å². The predicted molar refractivity (Wildman–Crippen MR) is 86.7 cm³/mol. The molecule has 2 amide bonds. The normalized spacial score (nSPS) is 32.7. The first-order chi connectivity index (χ1) is 11.1. The van der Waals surface area contributed by atoms with Crippen molar-refractivity contribution in [2.24, 2.45) is 11.7 Å². The predicted octanol–water partition coefficient (Wildman–Crippen LogP) is 0.742. The smallest absolute Gasteiger partial charge is 0.234 e. The number of carbonyl (C=O) groups excluding carboxylic acids is 2. The van der Waals surface area contributed by atoms with E-state index in [4.69, 9.17) is 10.5 Å². The van der Waals surface area contributed by atoms with Crippen molar-refractivity contribution < 1.29 is 14.3 Å². The van der Waals surface area contributed by atoms with Crippen LogP contribution in [-0.2, 0) is 14.3 Å². The van der Waals surface area contributed by atoms with E-state index in [9.17, 15) is 9.59 Å². The number of likely N-dealkylation sites (tertiary alicyclic amines) is 2. The first-order valence-electron chi connectivity index (χ1n) is 9.05. The quantitative estimate of drug-likeness (QED) is 0.810. The molecule has 2 saturated heterocycles. The third kappa shape index (κ3) is 3.53. The lowest BCUT2D eigenvalue weighted by molar-refractivity contribution is -0.146. The van der Waals surface area contributed by atoms with Gasteiger partial charge in [-0.25, -0.2) is 0 Å². The summed E-state index contributed by atoms with van der Waals surface area (Å²) in [6.45, 7) is 5.30. The summed E-state index contributed by atoms with van der Waals surface area (Å²) >= 11 is 0. The van der Waals surface area contributed by atoms with Crippen molar-refractivity contribution in [2.45, 2.75) is 63.6 Å². The number of piperidine rings is 1. The van der Waals surface area contributed by atoms with Crippen molar-refractivity contribution in [3.63, 3.8) is 0 Å². The lowest BCUT2D eigenvalue weighted by Gasteiger charge is -2.42. The van der Waals surface area contributed by atoms with Gasteiger partial charge in [0.05, 0.1) is 12.1 Å². The molecule has 6 nitrogen and oxygen atoms in total. The molecule has 1 saturated carbocycles. The fraction of sp³-hybridized carbons (Fsp3) is 0.882. The van der Waals surface area contributed by atoms with Crippen molar-refractivity contribution in [3.8, 4) is 0 Å². The van der Waals surface area contributed by atoms with Gasteiger partial charge < -0.3 is 15.4 Å².